The average molecular weight is 1730 g/mol. The zero-order valence-corrected chi connectivity index (χ0v) is 90.6. The summed E-state index contributed by atoms with van der Waals surface area (Å²) in [6.45, 7) is 131. The fraction of sp³-hybridized carbons (Fsp3) is 0.950. The third-order valence-electron chi connectivity index (χ3n) is 23.0. The fourth-order valence-electron chi connectivity index (χ4n) is 13.3. The van der Waals surface area contributed by atoms with E-state index in [2.05, 4.69) is 424 Å². The molecule has 0 fully saturated rings. The van der Waals surface area contributed by atoms with Crippen LogP contribution in [0.5, 0.6) is 0 Å². The maximum atomic E-state index is 2.42. The van der Waals surface area contributed by atoms with E-state index in [4.69, 9.17) is 0 Å². The van der Waals surface area contributed by atoms with Crippen LogP contribution in [0.25, 0.3) is 0 Å². The second-order valence-corrected chi connectivity index (χ2v) is 56.3. The number of rotatable bonds is 31. The van der Waals surface area contributed by atoms with E-state index in [1.807, 2.05) is 0 Å². The lowest BCUT2D eigenvalue weighted by Crippen LogP contribution is -2.29. The molecule has 0 bridgehead atoms. The van der Waals surface area contributed by atoms with Crippen LogP contribution in [-0.2, 0) is 0 Å². The van der Waals surface area contributed by atoms with Crippen LogP contribution in [0.4, 0.5) is 0 Å². The fourth-order valence-corrected chi connectivity index (χ4v) is 13.3. The summed E-state index contributed by atoms with van der Waals surface area (Å²) < 4.78 is 0. The Hall–Kier alpha value is -0.780. The molecule has 0 nitrogen and oxygen atoms in total. The molecule has 0 heteroatoms. The van der Waals surface area contributed by atoms with Crippen molar-refractivity contribution in [3.8, 4) is 0 Å². The Bertz CT molecular complexity index is 2210. The van der Waals surface area contributed by atoms with E-state index in [-0.39, 0.29) is 66.8 Å². The first-order valence-corrected chi connectivity index (χ1v) is 47.9. The summed E-state index contributed by atoms with van der Waals surface area (Å²) in [5.41, 5.74) is 8.11. The second-order valence-electron chi connectivity index (χ2n) is 56.3. The molecule has 0 aliphatic carbocycles. The SMILES string of the molecule is C.C.C.C.C.C.C.C.C.CC(C)(C)/C=C/CCC(C)(C)C(C)(C)C.CC(C)(C)CCC(C)(C)CCC(C)(C)C.CC(C)(C)CCCC(C)(C)CC(C)(C)C.CC(C)(C)CCCCC(C)(C)C(C)(C)C.CC(CC/C=C/C(C)(C)C)C(C)(C)C.CC(CC/C=C/C(C)(C)C)CC(C)(C)C.CC(CCCCC(C)(C)C)CC(C)(C)C.CCCCCC(C)C. The summed E-state index contributed by atoms with van der Waals surface area (Å²) in [6.07, 6.45) is 51.7. The van der Waals surface area contributed by atoms with Crippen molar-refractivity contribution >= 4 is 0 Å². The van der Waals surface area contributed by atoms with Crippen molar-refractivity contribution in [2.45, 2.75) is 634 Å². The molecule has 0 N–H and O–H groups in total. The Morgan fingerprint density at radius 2 is 0.496 bits per heavy atom. The van der Waals surface area contributed by atoms with Gasteiger partial charge in [0.1, 0.15) is 0 Å². The van der Waals surface area contributed by atoms with Gasteiger partial charge in [-0.25, -0.2) is 0 Å². The molecule has 0 spiro atoms. The lowest BCUT2D eigenvalue weighted by Gasteiger charge is -2.39. The quantitative estimate of drug-likeness (QED) is 0.0479. The van der Waals surface area contributed by atoms with E-state index in [0.29, 0.717) is 97.5 Å². The lowest BCUT2D eigenvalue weighted by molar-refractivity contribution is 0.114. The molecule has 0 aromatic rings. The second kappa shape index (κ2) is 71.0. The first-order valence-electron chi connectivity index (χ1n) is 47.9. The molecule has 0 aliphatic rings. The van der Waals surface area contributed by atoms with Gasteiger partial charge in [0.15, 0.2) is 0 Å². The third-order valence-corrected chi connectivity index (χ3v) is 23.0. The maximum absolute atomic E-state index is 2.42. The first kappa shape index (κ1) is 160. The number of unbranched alkanes of at least 4 members (excludes halogenated alkanes) is 4. The van der Waals surface area contributed by atoms with Gasteiger partial charge >= 0.3 is 0 Å². The largest absolute Gasteiger partial charge is 0.0880 e. The molecule has 3 unspecified atom stereocenters. The molecule has 0 radical (unpaired) electrons. The molecular weight excluding hydrogens is 1450 g/mol. The van der Waals surface area contributed by atoms with Gasteiger partial charge in [-0.3, -0.25) is 0 Å². The van der Waals surface area contributed by atoms with E-state index >= 15 is 0 Å². The molecule has 0 saturated heterocycles. The van der Waals surface area contributed by atoms with Crippen LogP contribution in [0.15, 0.2) is 36.5 Å². The van der Waals surface area contributed by atoms with E-state index in [0.717, 1.165) is 23.7 Å². The lowest BCUT2D eigenvalue weighted by atomic mass is 9.66. The number of allylic oxidation sites excluding steroid dienone is 6. The minimum absolute atomic E-state index is 0. The van der Waals surface area contributed by atoms with Crippen molar-refractivity contribution in [1.29, 1.82) is 0 Å². The molecule has 0 saturated carbocycles. The van der Waals surface area contributed by atoms with Gasteiger partial charge in [0.2, 0.25) is 0 Å². The van der Waals surface area contributed by atoms with Crippen LogP contribution >= 0.6 is 0 Å². The van der Waals surface area contributed by atoms with E-state index < -0.39 is 0 Å². The van der Waals surface area contributed by atoms with Crippen LogP contribution < -0.4 is 0 Å². The molecule has 0 rings (SSSR count). The third kappa shape index (κ3) is 140. The highest BCUT2D eigenvalue weighted by Gasteiger charge is 2.34. The van der Waals surface area contributed by atoms with Crippen LogP contribution in [0.1, 0.15) is 634 Å². The monoisotopic (exact) mass is 1720 g/mol. The Balaban J connectivity index is -0.0000000677. The molecule has 0 aromatic carbocycles. The van der Waals surface area contributed by atoms with Crippen molar-refractivity contribution in [2.24, 2.45) is 121 Å². The minimum Gasteiger partial charge on any atom is -0.0880 e. The molecule has 121 heavy (non-hydrogen) atoms. The molecular formula is C121H270. The van der Waals surface area contributed by atoms with Crippen molar-refractivity contribution in [2.75, 3.05) is 0 Å². The van der Waals surface area contributed by atoms with Crippen molar-refractivity contribution in [1.82, 2.24) is 0 Å². The van der Waals surface area contributed by atoms with Crippen molar-refractivity contribution < 1.29 is 0 Å². The standard InChI is InChI=1S/3C15H32.C15H30.C15H32.C15H30.C14H28.C8H18.9CH4/c1-13(2,3)9-11-15(7,8)12-10-14(4,5)6;1-13(2,3)10-9-11-15(7,8)12-14(4,5)6;2*1-13(2,3)11-9-10-12-15(7,8)14(4,5)6;2*1-13(12-15(5,6)7)10-8-9-11-14(2,3)4;1-12(14(5,6)7)10-8-9-11-13(2,3)4;1-4-5-6-7-8(2)3;;;;;;;;;/h3*9-12H2,1-8H3;9,11H,10,12H2,1-8H3;13H,8-12H2,1-7H3;9,11,13H,8,10,12H2,1-7H3;9,11-12H,8,10H2,1-7H3;8H,4-7H2,1-3H3;9*1H4/b;;;11-9+;;2*11-9+;;;;;;;;;;. The number of hydrogen-bond acceptors (Lipinski definition) is 0. The molecule has 3 atom stereocenters. The Kier molecular flexibility index (Phi) is 94.1. The topological polar surface area (TPSA) is 0 Å². The van der Waals surface area contributed by atoms with Crippen molar-refractivity contribution in [3.05, 3.63) is 36.5 Å². The zero-order chi connectivity index (χ0) is 91.4. The summed E-state index contributed by atoms with van der Waals surface area (Å²) in [6, 6.07) is 0. The van der Waals surface area contributed by atoms with Gasteiger partial charge in [-0.15, -0.1) is 0 Å². The van der Waals surface area contributed by atoms with Gasteiger partial charge in [0.05, 0.1) is 0 Å². The predicted molar refractivity (Wildman–Crippen MR) is 593 cm³/mol. The van der Waals surface area contributed by atoms with Crippen LogP contribution in [0, 0.1) is 121 Å². The highest BCUT2D eigenvalue weighted by atomic mass is 14.4. The zero-order valence-electron chi connectivity index (χ0n) is 90.6. The highest BCUT2D eigenvalue weighted by molar-refractivity contribution is 4.96. The van der Waals surface area contributed by atoms with Gasteiger partial charge < -0.3 is 0 Å². The highest BCUT2D eigenvalue weighted by Crippen LogP contribution is 2.45. The average Bonchev–Trinajstić information content (AvgIpc) is 0.845. The summed E-state index contributed by atoms with van der Waals surface area (Å²) >= 11 is 0. The Morgan fingerprint density at radius 1 is 0.223 bits per heavy atom. The van der Waals surface area contributed by atoms with Crippen LogP contribution in [-0.4, -0.2) is 0 Å². The summed E-state index contributed by atoms with van der Waals surface area (Å²) in [5.74, 6) is 3.44. The van der Waals surface area contributed by atoms with Gasteiger partial charge in [0.25, 0.3) is 0 Å². The Labute approximate surface area is 787 Å². The molecule has 0 amide bonds. The molecule has 0 heterocycles. The first-order chi connectivity index (χ1) is 48.8. The summed E-state index contributed by atoms with van der Waals surface area (Å²) in [5, 5.41) is 0. The maximum Gasteiger partial charge on any atom is -0.0203 e. The van der Waals surface area contributed by atoms with Gasteiger partial charge in [-0.1, -0.05) is 555 Å². The van der Waals surface area contributed by atoms with Crippen molar-refractivity contribution in [3.63, 3.8) is 0 Å². The molecule has 0 aliphatic heterocycles. The van der Waals surface area contributed by atoms with Gasteiger partial charge in [-0.05, 0) is 237 Å². The Morgan fingerprint density at radius 3 is 0.769 bits per heavy atom. The normalized spacial score (nSPS) is 13.7. The molecule has 754 valence electrons. The minimum atomic E-state index is 0. The smallest absolute Gasteiger partial charge is 0.0203 e. The number of hydrogen-bond donors (Lipinski definition) is 0. The van der Waals surface area contributed by atoms with Crippen LogP contribution in [0.2, 0.25) is 0 Å². The summed E-state index contributed by atoms with van der Waals surface area (Å²) in [7, 11) is 0. The van der Waals surface area contributed by atoms with E-state index in [1.165, 1.54) is 180 Å². The van der Waals surface area contributed by atoms with E-state index in [1.54, 1.807) is 0 Å². The molecule has 0 aromatic heterocycles. The van der Waals surface area contributed by atoms with Gasteiger partial charge in [-0.2, -0.15) is 0 Å². The van der Waals surface area contributed by atoms with Gasteiger partial charge in [0, 0.05) is 0 Å². The van der Waals surface area contributed by atoms with E-state index in [9.17, 15) is 0 Å². The van der Waals surface area contributed by atoms with Crippen LogP contribution in [0.3, 0.4) is 0 Å². The summed E-state index contributed by atoms with van der Waals surface area (Å²) in [4.78, 5) is 0. The predicted octanol–water partition coefficient (Wildman–Crippen LogP) is 47.5.